The Morgan fingerprint density at radius 3 is 2.16 bits per heavy atom. The summed E-state index contributed by atoms with van der Waals surface area (Å²) < 4.78 is 16.0. The van der Waals surface area contributed by atoms with Gasteiger partial charge in [-0.05, 0) is 54.1 Å². The summed E-state index contributed by atoms with van der Waals surface area (Å²) in [4.78, 5) is 32.1. The van der Waals surface area contributed by atoms with E-state index in [1.54, 1.807) is 37.4 Å². The molecular weight excluding hydrogens is 583 g/mol. The monoisotopic (exact) mass is 611 g/mol. The van der Waals surface area contributed by atoms with Gasteiger partial charge < -0.3 is 24.8 Å². The molecule has 1 heterocycles. The lowest BCUT2D eigenvalue weighted by Gasteiger charge is -2.17. The van der Waals surface area contributed by atoms with Gasteiger partial charge in [-0.1, -0.05) is 48.5 Å². The first-order valence-electron chi connectivity index (χ1n) is 13.2. The third-order valence-corrected chi connectivity index (χ3v) is 8.49. The van der Waals surface area contributed by atoms with Crippen molar-refractivity contribution in [1.82, 2.24) is 4.98 Å². The van der Waals surface area contributed by atoms with Crippen LogP contribution in [0.5, 0.6) is 17.2 Å². The molecule has 0 saturated carbocycles. The van der Waals surface area contributed by atoms with Crippen molar-refractivity contribution in [1.29, 1.82) is 0 Å². The van der Waals surface area contributed by atoms with Crippen molar-refractivity contribution in [2.45, 2.75) is 10.1 Å². The normalized spacial score (nSPS) is 11.3. The van der Waals surface area contributed by atoms with E-state index in [0.29, 0.717) is 27.9 Å². The number of carbonyl (C=O) groups is 2. The van der Waals surface area contributed by atoms with Crippen LogP contribution in [0.1, 0.15) is 21.2 Å². The highest BCUT2D eigenvalue weighted by atomic mass is 32.2. The largest absolute Gasteiger partial charge is 0.497 e. The van der Waals surface area contributed by atoms with E-state index in [2.05, 4.69) is 15.6 Å². The van der Waals surface area contributed by atoms with Crippen LogP contribution >= 0.6 is 23.1 Å². The van der Waals surface area contributed by atoms with E-state index in [-0.39, 0.29) is 11.8 Å². The van der Waals surface area contributed by atoms with E-state index in [4.69, 9.17) is 14.2 Å². The van der Waals surface area contributed by atoms with Gasteiger partial charge in [-0.2, -0.15) is 0 Å². The molecule has 1 aromatic heterocycles. The van der Waals surface area contributed by atoms with Crippen LogP contribution in [0, 0.1) is 0 Å². The van der Waals surface area contributed by atoms with E-state index < -0.39 is 5.25 Å². The second-order valence-corrected chi connectivity index (χ2v) is 11.2. The number of benzene rings is 4. The number of ether oxygens (including phenoxy) is 3. The topological polar surface area (TPSA) is 98.8 Å². The van der Waals surface area contributed by atoms with Crippen molar-refractivity contribution in [3.05, 3.63) is 114 Å². The van der Waals surface area contributed by atoms with Crippen molar-refractivity contribution >= 4 is 45.7 Å². The fourth-order valence-electron chi connectivity index (χ4n) is 4.34. The average Bonchev–Trinajstić information content (AvgIpc) is 3.52. The van der Waals surface area contributed by atoms with Crippen molar-refractivity contribution in [2.24, 2.45) is 0 Å². The number of nitrogens with zero attached hydrogens (tertiary/aromatic N) is 1. The zero-order valence-corrected chi connectivity index (χ0v) is 25.3. The average molecular weight is 612 g/mol. The molecule has 2 amide bonds. The molecule has 5 aromatic rings. The number of thioether (sulfide) groups is 1. The third kappa shape index (κ3) is 7.17. The highest BCUT2D eigenvalue weighted by Crippen LogP contribution is 2.38. The first-order chi connectivity index (χ1) is 21.0. The molecule has 43 heavy (non-hydrogen) atoms. The molecule has 5 rings (SSSR count). The van der Waals surface area contributed by atoms with Gasteiger partial charge in [-0.15, -0.1) is 23.1 Å². The summed E-state index contributed by atoms with van der Waals surface area (Å²) in [6, 6.07) is 29.7. The summed E-state index contributed by atoms with van der Waals surface area (Å²) in [5.74, 6) is 1.02. The van der Waals surface area contributed by atoms with Gasteiger partial charge in [0.25, 0.3) is 5.91 Å². The molecule has 0 aliphatic rings. The van der Waals surface area contributed by atoms with Crippen molar-refractivity contribution in [2.75, 3.05) is 32.0 Å². The maximum Gasteiger partial charge on any atom is 0.263 e. The van der Waals surface area contributed by atoms with Crippen LogP contribution in [0.2, 0.25) is 0 Å². The zero-order chi connectivity index (χ0) is 30.2. The number of hydrogen-bond donors (Lipinski definition) is 2. The predicted octanol–water partition coefficient (Wildman–Crippen LogP) is 7.56. The van der Waals surface area contributed by atoms with Crippen LogP contribution < -0.4 is 24.8 Å². The van der Waals surface area contributed by atoms with Gasteiger partial charge in [0.1, 0.15) is 28.1 Å². The Balaban J connectivity index is 1.31. The first kappa shape index (κ1) is 29.7. The molecule has 2 N–H and O–H groups in total. The van der Waals surface area contributed by atoms with E-state index in [0.717, 1.165) is 27.5 Å². The van der Waals surface area contributed by atoms with Gasteiger partial charge in [0, 0.05) is 21.5 Å². The molecule has 1 atom stereocenters. The minimum atomic E-state index is -0.538. The summed E-state index contributed by atoms with van der Waals surface area (Å²) in [6.07, 6.45) is 0. The zero-order valence-electron chi connectivity index (χ0n) is 23.7. The van der Waals surface area contributed by atoms with Gasteiger partial charge in [0.15, 0.2) is 5.13 Å². The highest BCUT2D eigenvalue weighted by molar-refractivity contribution is 8.00. The number of carbonyl (C=O) groups excluding carboxylic acids is 2. The Kier molecular flexibility index (Phi) is 9.60. The number of hydrogen-bond acceptors (Lipinski definition) is 8. The Morgan fingerprint density at radius 1 is 0.791 bits per heavy atom. The first-order valence-corrected chi connectivity index (χ1v) is 15.0. The van der Waals surface area contributed by atoms with Crippen LogP contribution in [0.15, 0.2) is 107 Å². The van der Waals surface area contributed by atoms with E-state index in [9.17, 15) is 9.59 Å². The minimum absolute atomic E-state index is 0.191. The van der Waals surface area contributed by atoms with Crippen LogP contribution in [-0.2, 0) is 4.79 Å². The third-order valence-electron chi connectivity index (χ3n) is 6.46. The van der Waals surface area contributed by atoms with E-state index in [1.165, 1.54) is 37.3 Å². The lowest BCUT2D eigenvalue weighted by atomic mass is 10.1. The molecular formula is C33H29N3O5S2. The lowest BCUT2D eigenvalue weighted by molar-refractivity contribution is -0.115. The molecule has 0 bridgehead atoms. The van der Waals surface area contributed by atoms with E-state index in [1.807, 2.05) is 72.1 Å². The second-order valence-electron chi connectivity index (χ2n) is 9.18. The highest BCUT2D eigenvalue weighted by Gasteiger charge is 2.24. The quantitative estimate of drug-likeness (QED) is 0.149. The number of nitrogens with one attached hydrogen (secondary N) is 2. The smallest absolute Gasteiger partial charge is 0.263 e. The molecule has 8 nitrogen and oxygen atoms in total. The number of thiazole rings is 1. The summed E-state index contributed by atoms with van der Waals surface area (Å²) in [6.45, 7) is 0. The van der Waals surface area contributed by atoms with Crippen molar-refractivity contribution in [3.63, 3.8) is 0 Å². The van der Waals surface area contributed by atoms with Gasteiger partial charge in [-0.3, -0.25) is 9.59 Å². The molecule has 0 fully saturated rings. The molecule has 0 saturated heterocycles. The van der Waals surface area contributed by atoms with Gasteiger partial charge in [0.2, 0.25) is 5.91 Å². The molecule has 0 spiro atoms. The maximum atomic E-state index is 13.6. The predicted molar refractivity (Wildman–Crippen MR) is 172 cm³/mol. The second kappa shape index (κ2) is 13.9. The summed E-state index contributed by atoms with van der Waals surface area (Å²) in [5.41, 5.74) is 3.42. The minimum Gasteiger partial charge on any atom is -0.497 e. The molecule has 4 aromatic carbocycles. The number of anilines is 2. The Hall–Kier alpha value is -4.80. The molecule has 0 aliphatic carbocycles. The summed E-state index contributed by atoms with van der Waals surface area (Å²) >= 11 is 2.77. The Bertz CT molecular complexity index is 1690. The van der Waals surface area contributed by atoms with E-state index >= 15 is 0 Å². The van der Waals surface area contributed by atoms with Crippen LogP contribution in [-0.4, -0.2) is 38.1 Å². The summed E-state index contributed by atoms with van der Waals surface area (Å²) in [5, 5.41) is 7.76. The van der Waals surface area contributed by atoms with Gasteiger partial charge in [0.05, 0.1) is 27.0 Å². The number of rotatable bonds is 11. The van der Waals surface area contributed by atoms with Crippen LogP contribution in [0.25, 0.3) is 11.3 Å². The Labute approximate surface area is 258 Å². The maximum absolute atomic E-state index is 13.6. The molecule has 0 aliphatic heterocycles. The number of methoxy groups -OCH3 is 3. The number of aromatic nitrogens is 1. The molecule has 1 unspecified atom stereocenters. The molecule has 218 valence electrons. The number of amides is 2. The van der Waals surface area contributed by atoms with Crippen molar-refractivity contribution in [3.8, 4) is 28.5 Å². The van der Waals surface area contributed by atoms with Gasteiger partial charge in [-0.25, -0.2) is 4.98 Å². The SMILES string of the molecule is COc1cccc(-c2csc(NC(=O)C(Sc3ccc(NC(=O)c4c(OC)cccc4OC)cc3)c3ccccc3)n2)c1. The fraction of sp³-hybridized carbons (Fsp3) is 0.121. The Morgan fingerprint density at radius 2 is 1.49 bits per heavy atom. The summed E-state index contributed by atoms with van der Waals surface area (Å²) in [7, 11) is 4.63. The van der Waals surface area contributed by atoms with Crippen molar-refractivity contribution < 1.29 is 23.8 Å². The van der Waals surface area contributed by atoms with Crippen LogP contribution in [0.4, 0.5) is 10.8 Å². The van der Waals surface area contributed by atoms with Crippen LogP contribution in [0.3, 0.4) is 0 Å². The standard InChI is InChI=1S/C33H29N3O5S2/c1-39-24-12-7-11-22(19-24)26-20-42-33(35-26)36-32(38)30(21-9-5-4-6-10-21)43-25-17-15-23(16-18-25)34-31(37)29-27(40-2)13-8-14-28(29)41-3/h4-20,30H,1-3H3,(H,34,37)(H,35,36,38). The van der Waals surface area contributed by atoms with Gasteiger partial charge >= 0.3 is 0 Å². The molecule has 0 radical (unpaired) electrons. The fourth-order valence-corrected chi connectivity index (χ4v) is 6.09. The molecule has 10 heteroatoms. The lowest BCUT2D eigenvalue weighted by Crippen LogP contribution is -2.19.